The zero-order chi connectivity index (χ0) is 18.5. The predicted octanol–water partition coefficient (Wildman–Crippen LogP) is 3.82. The number of methoxy groups -OCH3 is 2. The SMILES string of the molecule is CCNC(=NCCCCN(CC)CC)Nc1ccc(OC)c(OC)c1.I. The molecule has 0 spiro atoms. The fraction of sp³-hybridized carbons (Fsp3) is 0.632. The Hall–Kier alpha value is -1.22. The summed E-state index contributed by atoms with van der Waals surface area (Å²) >= 11 is 0. The van der Waals surface area contributed by atoms with Crippen LogP contribution >= 0.6 is 24.0 Å². The Morgan fingerprint density at radius 2 is 1.73 bits per heavy atom. The van der Waals surface area contributed by atoms with E-state index in [4.69, 9.17) is 9.47 Å². The standard InChI is InChI=1S/C19H34N4O2.HI/c1-6-20-19(21-13-9-10-14-23(7-2)8-3)22-16-11-12-17(24-4)18(15-16)25-5;/h11-12,15H,6-10,13-14H2,1-5H3,(H2,20,21,22);1H. The number of unbranched alkanes of at least 4 members (excludes halogenated alkanes) is 1. The Kier molecular flexibility index (Phi) is 14.2. The Balaban J connectivity index is 0.00000625. The first-order valence-corrected chi connectivity index (χ1v) is 9.18. The average molecular weight is 478 g/mol. The zero-order valence-corrected chi connectivity index (χ0v) is 19.1. The smallest absolute Gasteiger partial charge is 0.195 e. The van der Waals surface area contributed by atoms with Crippen molar-refractivity contribution in [3.05, 3.63) is 18.2 Å². The van der Waals surface area contributed by atoms with E-state index in [-0.39, 0.29) is 24.0 Å². The molecule has 0 atom stereocenters. The molecule has 1 aromatic carbocycles. The normalized spacial score (nSPS) is 11.1. The number of rotatable bonds is 11. The minimum absolute atomic E-state index is 0. The van der Waals surface area contributed by atoms with Crippen molar-refractivity contribution in [1.82, 2.24) is 10.2 Å². The fourth-order valence-corrected chi connectivity index (χ4v) is 2.54. The lowest BCUT2D eigenvalue weighted by atomic mass is 10.2. The molecule has 0 unspecified atom stereocenters. The van der Waals surface area contributed by atoms with E-state index in [0.29, 0.717) is 11.5 Å². The first-order chi connectivity index (χ1) is 12.2. The number of benzene rings is 1. The van der Waals surface area contributed by atoms with Gasteiger partial charge in [0.2, 0.25) is 0 Å². The van der Waals surface area contributed by atoms with Gasteiger partial charge in [0.15, 0.2) is 17.5 Å². The van der Waals surface area contributed by atoms with E-state index in [9.17, 15) is 0 Å². The maximum atomic E-state index is 5.35. The molecule has 7 heteroatoms. The van der Waals surface area contributed by atoms with Crippen molar-refractivity contribution in [3.8, 4) is 11.5 Å². The van der Waals surface area contributed by atoms with Gasteiger partial charge in [0.05, 0.1) is 14.2 Å². The summed E-state index contributed by atoms with van der Waals surface area (Å²) in [6.07, 6.45) is 2.25. The predicted molar refractivity (Wildman–Crippen MR) is 122 cm³/mol. The molecule has 1 rings (SSSR count). The summed E-state index contributed by atoms with van der Waals surface area (Å²) in [7, 11) is 3.27. The Morgan fingerprint density at radius 3 is 2.31 bits per heavy atom. The number of halogens is 1. The summed E-state index contributed by atoms with van der Waals surface area (Å²) in [5.41, 5.74) is 0.917. The molecule has 0 aromatic heterocycles. The Bertz CT molecular complexity index is 522. The van der Waals surface area contributed by atoms with E-state index in [1.165, 1.54) is 6.42 Å². The lowest BCUT2D eigenvalue weighted by molar-refractivity contribution is 0.298. The largest absolute Gasteiger partial charge is 0.493 e. The molecule has 6 nitrogen and oxygen atoms in total. The first kappa shape index (κ1) is 24.8. The minimum Gasteiger partial charge on any atom is -0.493 e. The van der Waals surface area contributed by atoms with Crippen molar-refractivity contribution in [3.63, 3.8) is 0 Å². The van der Waals surface area contributed by atoms with Crippen molar-refractivity contribution in [2.75, 3.05) is 52.3 Å². The van der Waals surface area contributed by atoms with E-state index in [1.54, 1.807) is 14.2 Å². The van der Waals surface area contributed by atoms with Gasteiger partial charge in [-0.05, 0) is 51.5 Å². The highest BCUT2D eigenvalue weighted by Gasteiger charge is 2.06. The van der Waals surface area contributed by atoms with Gasteiger partial charge in [-0.3, -0.25) is 4.99 Å². The third-order valence-electron chi connectivity index (χ3n) is 4.04. The van der Waals surface area contributed by atoms with Crippen LogP contribution in [0.4, 0.5) is 5.69 Å². The highest BCUT2D eigenvalue weighted by molar-refractivity contribution is 14.0. The maximum Gasteiger partial charge on any atom is 0.195 e. The van der Waals surface area contributed by atoms with Crippen LogP contribution in [-0.4, -0.2) is 57.8 Å². The molecule has 0 aliphatic rings. The third-order valence-corrected chi connectivity index (χ3v) is 4.04. The van der Waals surface area contributed by atoms with Crippen molar-refractivity contribution >= 4 is 35.6 Å². The van der Waals surface area contributed by atoms with Gasteiger partial charge >= 0.3 is 0 Å². The zero-order valence-electron chi connectivity index (χ0n) is 16.8. The summed E-state index contributed by atoms with van der Waals surface area (Å²) in [6.45, 7) is 11.5. The highest BCUT2D eigenvalue weighted by atomic mass is 127. The Morgan fingerprint density at radius 1 is 1.04 bits per heavy atom. The number of ether oxygens (including phenoxy) is 2. The molecular weight excluding hydrogens is 443 g/mol. The van der Waals surface area contributed by atoms with Gasteiger partial charge in [-0.2, -0.15) is 0 Å². The maximum absolute atomic E-state index is 5.35. The lowest BCUT2D eigenvalue weighted by Gasteiger charge is -2.17. The first-order valence-electron chi connectivity index (χ1n) is 9.18. The van der Waals surface area contributed by atoms with Crippen LogP contribution in [0.25, 0.3) is 0 Å². The Labute approximate surface area is 175 Å². The second-order valence-electron chi connectivity index (χ2n) is 5.69. The third kappa shape index (κ3) is 8.93. The molecule has 0 saturated heterocycles. The van der Waals surface area contributed by atoms with E-state index in [0.717, 1.165) is 50.8 Å². The van der Waals surface area contributed by atoms with E-state index in [2.05, 4.69) is 41.3 Å². The molecule has 26 heavy (non-hydrogen) atoms. The average Bonchev–Trinajstić information content (AvgIpc) is 2.64. The molecule has 0 aliphatic heterocycles. The van der Waals surface area contributed by atoms with E-state index in [1.807, 2.05) is 18.2 Å². The van der Waals surface area contributed by atoms with Crippen LogP contribution in [0.15, 0.2) is 23.2 Å². The minimum atomic E-state index is 0. The summed E-state index contributed by atoms with van der Waals surface area (Å²) in [5, 5.41) is 6.60. The number of aliphatic imine (C=N–C) groups is 1. The number of nitrogens with zero attached hydrogens (tertiary/aromatic N) is 2. The topological polar surface area (TPSA) is 58.1 Å². The van der Waals surface area contributed by atoms with Gasteiger partial charge in [0.25, 0.3) is 0 Å². The van der Waals surface area contributed by atoms with Gasteiger partial charge in [0, 0.05) is 24.8 Å². The second kappa shape index (κ2) is 14.9. The number of guanidine groups is 1. The summed E-state index contributed by atoms with van der Waals surface area (Å²) in [5.74, 6) is 2.20. The highest BCUT2D eigenvalue weighted by Crippen LogP contribution is 2.29. The van der Waals surface area contributed by atoms with Gasteiger partial charge in [-0.15, -0.1) is 24.0 Å². The molecule has 0 heterocycles. The summed E-state index contributed by atoms with van der Waals surface area (Å²) in [6, 6.07) is 5.75. The number of hydrogen-bond acceptors (Lipinski definition) is 4. The van der Waals surface area contributed by atoms with Crippen molar-refractivity contribution in [1.29, 1.82) is 0 Å². The second-order valence-corrected chi connectivity index (χ2v) is 5.69. The molecule has 0 amide bonds. The quantitative estimate of drug-likeness (QED) is 0.219. The van der Waals surface area contributed by atoms with Crippen LogP contribution in [0, 0.1) is 0 Å². The van der Waals surface area contributed by atoms with Gasteiger partial charge in [-0.25, -0.2) is 0 Å². The van der Waals surface area contributed by atoms with Gasteiger partial charge in [-0.1, -0.05) is 13.8 Å². The molecule has 0 bridgehead atoms. The number of nitrogens with one attached hydrogen (secondary N) is 2. The molecule has 1 aromatic rings. The number of anilines is 1. The number of hydrogen-bond donors (Lipinski definition) is 2. The van der Waals surface area contributed by atoms with Gasteiger partial charge < -0.3 is 25.0 Å². The fourth-order valence-electron chi connectivity index (χ4n) is 2.54. The van der Waals surface area contributed by atoms with Crippen LogP contribution in [0.3, 0.4) is 0 Å². The van der Waals surface area contributed by atoms with Crippen molar-refractivity contribution < 1.29 is 9.47 Å². The molecular formula is C19H35IN4O2. The van der Waals surface area contributed by atoms with Gasteiger partial charge in [0.1, 0.15) is 0 Å². The van der Waals surface area contributed by atoms with Crippen LogP contribution in [0.1, 0.15) is 33.6 Å². The van der Waals surface area contributed by atoms with Crippen LogP contribution in [-0.2, 0) is 0 Å². The lowest BCUT2D eigenvalue weighted by Crippen LogP contribution is -2.30. The van der Waals surface area contributed by atoms with E-state index < -0.39 is 0 Å². The molecule has 150 valence electrons. The summed E-state index contributed by atoms with van der Waals surface area (Å²) < 4.78 is 10.6. The van der Waals surface area contributed by atoms with E-state index >= 15 is 0 Å². The molecule has 0 fully saturated rings. The monoisotopic (exact) mass is 478 g/mol. The van der Waals surface area contributed by atoms with Crippen LogP contribution < -0.4 is 20.1 Å². The van der Waals surface area contributed by atoms with Crippen molar-refractivity contribution in [2.24, 2.45) is 4.99 Å². The molecule has 0 saturated carbocycles. The molecule has 0 radical (unpaired) electrons. The van der Waals surface area contributed by atoms with Crippen LogP contribution in [0.5, 0.6) is 11.5 Å². The van der Waals surface area contributed by atoms with Crippen molar-refractivity contribution in [2.45, 2.75) is 33.6 Å². The van der Waals surface area contributed by atoms with Crippen LogP contribution in [0.2, 0.25) is 0 Å². The molecule has 0 aliphatic carbocycles. The summed E-state index contributed by atoms with van der Waals surface area (Å²) in [4.78, 5) is 7.10. The molecule has 2 N–H and O–H groups in total.